The number of aliphatic hydroxyl groups is 1. The van der Waals surface area contributed by atoms with E-state index in [0.29, 0.717) is 17.7 Å². The molecular formula is C38H42N6O6. The molecule has 3 heterocycles. The lowest BCUT2D eigenvalue weighted by molar-refractivity contribution is -0.189. The molecule has 0 bridgehead atoms. The fraction of sp³-hybridized carbons (Fsp3) is 0.316. The number of ketones is 1. The van der Waals surface area contributed by atoms with Crippen LogP contribution in [-0.4, -0.2) is 91.8 Å². The second-order valence-corrected chi connectivity index (χ2v) is 12.5. The van der Waals surface area contributed by atoms with Crippen LogP contribution in [0, 0.1) is 0 Å². The van der Waals surface area contributed by atoms with Crippen LogP contribution in [0.1, 0.15) is 40.4 Å². The van der Waals surface area contributed by atoms with Gasteiger partial charge in [-0.15, -0.1) is 6.58 Å². The number of Topliss-reactive ketones (excluding diaryl/α,β-unsaturated/α-hetero) is 1. The molecule has 0 aliphatic carbocycles. The number of hydrazine groups is 1. The molecule has 2 atom stereocenters. The zero-order valence-corrected chi connectivity index (χ0v) is 28.3. The number of ether oxygens (including phenoxy) is 1. The number of urea groups is 1. The summed E-state index contributed by atoms with van der Waals surface area (Å²) in [6.07, 6.45) is 3.24. The molecule has 12 nitrogen and oxygen atoms in total. The maximum absolute atomic E-state index is 14.5. The maximum Gasteiger partial charge on any atom is 0.334 e. The number of rotatable bonds is 12. The highest BCUT2D eigenvalue weighted by Crippen LogP contribution is 2.32. The number of piperazine rings is 1. The molecule has 2 aliphatic rings. The Labute approximate surface area is 291 Å². The fourth-order valence-electron chi connectivity index (χ4n) is 7.02. The summed E-state index contributed by atoms with van der Waals surface area (Å²) in [7, 11) is 1.89. The van der Waals surface area contributed by atoms with Crippen LogP contribution in [-0.2, 0) is 36.1 Å². The van der Waals surface area contributed by atoms with Gasteiger partial charge in [-0.05, 0) is 28.8 Å². The number of benzene rings is 3. The second-order valence-electron chi connectivity index (χ2n) is 12.5. The number of fused-ring (bicyclic) bond motifs is 2. The van der Waals surface area contributed by atoms with E-state index in [1.807, 2.05) is 73.3 Å². The first-order valence-corrected chi connectivity index (χ1v) is 16.7. The Bertz CT molecular complexity index is 1890. The van der Waals surface area contributed by atoms with E-state index in [2.05, 4.69) is 11.9 Å². The van der Waals surface area contributed by atoms with Gasteiger partial charge in [0.15, 0.2) is 12.6 Å². The summed E-state index contributed by atoms with van der Waals surface area (Å²) in [6.45, 7) is 5.92. The first kappa shape index (κ1) is 34.4. The summed E-state index contributed by atoms with van der Waals surface area (Å²) in [5.74, 6) is -0.0107. The zero-order valence-electron chi connectivity index (χ0n) is 28.3. The van der Waals surface area contributed by atoms with Gasteiger partial charge in [0.25, 0.3) is 0 Å². The van der Waals surface area contributed by atoms with Gasteiger partial charge in [-0.1, -0.05) is 73.7 Å². The molecule has 1 aromatic heterocycles. The first-order valence-electron chi connectivity index (χ1n) is 16.7. The number of aryl methyl sites for hydroxylation is 1. The van der Waals surface area contributed by atoms with E-state index < -0.39 is 25.0 Å². The Morgan fingerprint density at radius 2 is 1.78 bits per heavy atom. The number of aromatic nitrogens is 1. The summed E-state index contributed by atoms with van der Waals surface area (Å²) in [5.41, 5.74) is 4.03. The lowest BCUT2D eigenvalue weighted by Gasteiger charge is -2.55. The monoisotopic (exact) mass is 678 g/mol. The number of carbonyl (C=O) groups excluding carboxylic acids is 4. The molecule has 2 unspecified atom stereocenters. The standard InChI is InChI=1S/C38H42N6O6/c1-4-18-42-24-35(47)43-32(19-26-14-16-29(17-15-26)50-25-45)37(48)41(23-34(43)44(42)38(49)39-20-27-10-7-6-8-11-27)21-28-12-9-13-30-31(33(46)5-2)22-40(3)36(28)30/h4,6-17,22,32,34,45H,1,5,18-21,23-25H2,2-3H3,(H,39,49). The van der Waals surface area contributed by atoms with E-state index >= 15 is 0 Å². The molecule has 12 heteroatoms. The normalized spacial score (nSPS) is 17.9. The lowest BCUT2D eigenvalue weighted by atomic mass is 9.98. The zero-order chi connectivity index (χ0) is 35.4. The third-order valence-electron chi connectivity index (χ3n) is 9.32. The number of carbonyl (C=O) groups is 4. The number of nitrogens with one attached hydrogen (secondary N) is 1. The quantitative estimate of drug-likeness (QED) is 0.133. The number of para-hydroxylation sites is 1. The van der Waals surface area contributed by atoms with Crippen LogP contribution in [0.4, 0.5) is 4.79 Å². The Hall–Kier alpha value is -5.46. The van der Waals surface area contributed by atoms with Crippen molar-refractivity contribution in [2.75, 3.05) is 26.4 Å². The van der Waals surface area contributed by atoms with Gasteiger partial charge < -0.3 is 29.5 Å². The summed E-state index contributed by atoms with van der Waals surface area (Å²) in [4.78, 5) is 58.6. The molecule has 0 spiro atoms. The van der Waals surface area contributed by atoms with Crippen molar-refractivity contribution in [3.8, 4) is 5.75 Å². The molecule has 4 amide bonds. The molecule has 0 radical (unpaired) electrons. The van der Waals surface area contributed by atoms with E-state index in [0.717, 1.165) is 27.6 Å². The predicted octanol–water partition coefficient (Wildman–Crippen LogP) is 3.84. The number of amides is 4. The minimum Gasteiger partial charge on any atom is -0.468 e. The highest BCUT2D eigenvalue weighted by molar-refractivity contribution is 6.08. The summed E-state index contributed by atoms with van der Waals surface area (Å²) in [6, 6.07) is 21.0. The minimum atomic E-state index is -0.911. The Kier molecular flexibility index (Phi) is 10.3. The average molecular weight is 679 g/mol. The van der Waals surface area contributed by atoms with Crippen molar-refractivity contribution >= 4 is 34.5 Å². The third kappa shape index (κ3) is 6.85. The second kappa shape index (κ2) is 15.0. The van der Waals surface area contributed by atoms with Crippen LogP contribution in [0.25, 0.3) is 10.9 Å². The smallest absolute Gasteiger partial charge is 0.334 e. The van der Waals surface area contributed by atoms with Crippen LogP contribution < -0.4 is 10.1 Å². The number of hydrogen-bond donors (Lipinski definition) is 2. The molecule has 50 heavy (non-hydrogen) atoms. The fourth-order valence-corrected chi connectivity index (χ4v) is 7.02. The average Bonchev–Trinajstić information content (AvgIpc) is 3.47. The van der Waals surface area contributed by atoms with Gasteiger partial charge in [0.1, 0.15) is 18.0 Å². The molecule has 2 saturated heterocycles. The van der Waals surface area contributed by atoms with Crippen molar-refractivity contribution in [1.29, 1.82) is 0 Å². The van der Waals surface area contributed by atoms with E-state index in [1.165, 1.54) is 0 Å². The molecule has 2 aliphatic heterocycles. The summed E-state index contributed by atoms with van der Waals surface area (Å²) < 4.78 is 7.10. The minimum absolute atomic E-state index is 0.0353. The molecule has 2 fully saturated rings. The van der Waals surface area contributed by atoms with Crippen LogP contribution in [0.3, 0.4) is 0 Å². The third-order valence-corrected chi connectivity index (χ3v) is 9.32. The largest absolute Gasteiger partial charge is 0.468 e. The van der Waals surface area contributed by atoms with Gasteiger partial charge in [0.05, 0.1) is 18.6 Å². The number of aliphatic hydroxyl groups excluding tert-OH is 1. The Balaban J connectivity index is 1.38. The summed E-state index contributed by atoms with van der Waals surface area (Å²) >= 11 is 0. The maximum atomic E-state index is 14.5. The van der Waals surface area contributed by atoms with Crippen LogP contribution in [0.2, 0.25) is 0 Å². The molecule has 0 saturated carbocycles. The Morgan fingerprint density at radius 1 is 1.02 bits per heavy atom. The molecule has 6 rings (SSSR count). The van der Waals surface area contributed by atoms with Crippen molar-refractivity contribution in [3.05, 3.63) is 114 Å². The van der Waals surface area contributed by atoms with Crippen molar-refractivity contribution in [2.24, 2.45) is 7.05 Å². The van der Waals surface area contributed by atoms with Gasteiger partial charge in [0.2, 0.25) is 11.8 Å². The van der Waals surface area contributed by atoms with E-state index in [4.69, 9.17) is 9.84 Å². The van der Waals surface area contributed by atoms with Gasteiger partial charge >= 0.3 is 6.03 Å². The van der Waals surface area contributed by atoms with Crippen molar-refractivity contribution < 1.29 is 29.0 Å². The van der Waals surface area contributed by atoms with Gasteiger partial charge in [0, 0.05) is 56.7 Å². The van der Waals surface area contributed by atoms with Crippen LogP contribution >= 0.6 is 0 Å². The number of hydrogen-bond acceptors (Lipinski definition) is 7. The molecule has 260 valence electrons. The Morgan fingerprint density at radius 3 is 2.48 bits per heavy atom. The molecule has 4 aromatic rings. The van der Waals surface area contributed by atoms with E-state index in [1.54, 1.807) is 50.2 Å². The van der Waals surface area contributed by atoms with Crippen LogP contribution in [0.5, 0.6) is 5.75 Å². The summed E-state index contributed by atoms with van der Waals surface area (Å²) in [5, 5.41) is 16.2. The van der Waals surface area contributed by atoms with Gasteiger partial charge in [-0.25, -0.2) is 14.8 Å². The number of nitrogens with zero attached hydrogens (tertiary/aromatic N) is 5. The highest BCUT2D eigenvalue weighted by Gasteiger charge is 2.51. The SMILES string of the molecule is C=CCN1CC(=O)N2C(Cc3ccc(OCO)cc3)C(=O)N(Cc3cccc4c(C(=O)CC)cn(C)c34)CC2N1C(=O)NCc1ccccc1. The van der Waals surface area contributed by atoms with E-state index in [9.17, 15) is 19.2 Å². The predicted molar refractivity (Wildman–Crippen MR) is 188 cm³/mol. The topological polar surface area (TPSA) is 128 Å². The van der Waals surface area contributed by atoms with Crippen molar-refractivity contribution in [3.63, 3.8) is 0 Å². The van der Waals surface area contributed by atoms with Crippen LogP contribution in [0.15, 0.2) is 91.6 Å². The van der Waals surface area contributed by atoms with Gasteiger partial charge in [-0.2, -0.15) is 0 Å². The van der Waals surface area contributed by atoms with Crippen molar-refractivity contribution in [2.45, 2.75) is 45.1 Å². The molecule has 2 N–H and O–H groups in total. The first-order chi connectivity index (χ1) is 24.2. The molecule has 3 aromatic carbocycles. The van der Waals surface area contributed by atoms with Gasteiger partial charge in [-0.3, -0.25) is 14.4 Å². The lowest BCUT2D eigenvalue weighted by Crippen LogP contribution is -2.76. The van der Waals surface area contributed by atoms with E-state index in [-0.39, 0.29) is 56.7 Å². The van der Waals surface area contributed by atoms with Crippen molar-refractivity contribution in [1.82, 2.24) is 29.7 Å². The highest BCUT2D eigenvalue weighted by atomic mass is 16.6. The molecular weight excluding hydrogens is 636 g/mol.